The average Bonchev–Trinajstić information content (AvgIpc) is 3.21. The Morgan fingerprint density at radius 2 is 0.459 bits per heavy atom. The van der Waals surface area contributed by atoms with Gasteiger partial charge in [-0.2, -0.15) is 0 Å². The molecule has 0 saturated carbocycles. The molecular weight excluding hydrogens is 526 g/mol. The summed E-state index contributed by atoms with van der Waals surface area (Å²) >= 11 is 0. The van der Waals surface area contributed by atoms with Crippen LogP contribution in [-0.2, 0) is 17.1 Å². The molecule has 0 aliphatic heterocycles. The second-order valence-corrected chi connectivity index (χ2v) is 30.5. The van der Waals surface area contributed by atoms with Crippen LogP contribution in [0.5, 0.6) is 0 Å². The van der Waals surface area contributed by atoms with Gasteiger partial charge in [0.1, 0.15) is 0 Å². The molecular formula is C34H64FeP2. The van der Waals surface area contributed by atoms with E-state index in [-0.39, 0.29) is 17.1 Å². The Hall–Kier alpha value is 0.0795. The first-order chi connectivity index (χ1) is 15.7. The van der Waals surface area contributed by atoms with Crippen molar-refractivity contribution in [2.24, 2.45) is 0 Å². The van der Waals surface area contributed by atoms with Crippen molar-refractivity contribution in [3.63, 3.8) is 0 Å². The van der Waals surface area contributed by atoms with Crippen molar-refractivity contribution in [2.75, 3.05) is 0 Å². The Morgan fingerprint density at radius 3 is 0.568 bits per heavy atom. The Kier molecular flexibility index (Phi) is 11.5. The summed E-state index contributed by atoms with van der Waals surface area (Å²) in [6.07, 6.45) is 0. The van der Waals surface area contributed by atoms with E-state index in [1.807, 2.05) is 0 Å². The molecule has 0 spiro atoms. The maximum atomic E-state index is 2.45. The largest absolute Gasteiger partial charge is 2.00 e. The monoisotopic (exact) mass is 590 g/mol. The van der Waals surface area contributed by atoms with Gasteiger partial charge in [-0.05, 0) is 0 Å². The van der Waals surface area contributed by atoms with Gasteiger partial charge in [0.15, 0.2) is 0 Å². The molecule has 0 saturated heterocycles. The fourth-order valence-electron chi connectivity index (χ4n) is 10.6. The predicted octanol–water partition coefficient (Wildman–Crippen LogP) is 10.3. The maximum absolute atomic E-state index is 2.45. The van der Waals surface area contributed by atoms with Crippen molar-refractivity contribution < 1.29 is 17.1 Å². The molecule has 2 rings (SSSR count). The summed E-state index contributed by atoms with van der Waals surface area (Å²) in [5.41, 5.74) is 0. The van der Waals surface area contributed by atoms with Gasteiger partial charge in [0, 0.05) is 0 Å². The molecule has 0 fully saturated rings. The summed E-state index contributed by atoms with van der Waals surface area (Å²) in [6.45, 7) is 44.0. The van der Waals surface area contributed by atoms with Crippen LogP contribution in [0.15, 0.2) is 48.5 Å². The van der Waals surface area contributed by atoms with Crippen molar-refractivity contribution in [3.05, 3.63) is 48.5 Å². The molecule has 2 aromatic carbocycles. The molecule has 218 valence electrons. The minimum absolute atomic E-state index is 0. The van der Waals surface area contributed by atoms with E-state index in [2.05, 4.69) is 173 Å². The normalized spacial score (nSPS) is 15.4. The number of hydrogen-bond donors (Lipinski definition) is 0. The van der Waals surface area contributed by atoms with E-state index >= 15 is 0 Å². The van der Waals surface area contributed by atoms with Gasteiger partial charge in [0.25, 0.3) is 0 Å². The third-order valence-electron chi connectivity index (χ3n) is 8.94. The van der Waals surface area contributed by atoms with Crippen molar-refractivity contribution in [1.82, 2.24) is 0 Å². The SMILES string of the molecule is CC(C)(C)[PH]([c-]1cccc1)(C(C)(C)C)C(C)(C)C.CC(C)(C)[PH]([c-]1cccc1)(C(C)(C)C)C(C)(C)C.[Fe+2]. The Morgan fingerprint density at radius 1 is 0.324 bits per heavy atom. The van der Waals surface area contributed by atoms with Gasteiger partial charge in [-0.3, -0.25) is 0 Å². The average molecular weight is 591 g/mol. The topological polar surface area (TPSA) is 0 Å². The summed E-state index contributed by atoms with van der Waals surface area (Å²) in [5.74, 6) is 0. The van der Waals surface area contributed by atoms with Crippen LogP contribution in [0.4, 0.5) is 0 Å². The van der Waals surface area contributed by atoms with Crippen LogP contribution in [0, 0.1) is 0 Å². The summed E-state index contributed by atoms with van der Waals surface area (Å²) in [6, 6.07) is 18.3. The first-order valence-corrected chi connectivity index (χ1v) is 18.2. The Balaban J connectivity index is 0.000000682. The summed E-state index contributed by atoms with van der Waals surface area (Å²) in [7, 11) is -3.45. The predicted molar refractivity (Wildman–Crippen MR) is 178 cm³/mol. The molecule has 0 aromatic heterocycles. The van der Waals surface area contributed by atoms with Crippen molar-refractivity contribution in [3.8, 4) is 0 Å². The van der Waals surface area contributed by atoms with Crippen molar-refractivity contribution in [1.29, 1.82) is 0 Å². The number of hydrogen-bond acceptors (Lipinski definition) is 0. The fourth-order valence-corrected chi connectivity index (χ4v) is 30.7. The molecule has 2 aromatic rings. The summed E-state index contributed by atoms with van der Waals surface area (Å²) < 4.78 is 0. The molecule has 0 N–H and O–H groups in total. The van der Waals surface area contributed by atoms with Gasteiger partial charge in [-0.1, -0.05) is 0 Å². The van der Waals surface area contributed by atoms with Crippen LogP contribution in [0.2, 0.25) is 0 Å². The zero-order valence-electron chi connectivity index (χ0n) is 28.0. The first kappa shape index (κ1) is 37.1. The van der Waals surface area contributed by atoms with E-state index < -0.39 is 14.5 Å². The number of rotatable bonds is 2. The molecule has 0 radical (unpaired) electrons. The van der Waals surface area contributed by atoms with E-state index in [0.29, 0.717) is 30.9 Å². The summed E-state index contributed by atoms with van der Waals surface area (Å²) in [5, 5.41) is 5.31. The van der Waals surface area contributed by atoms with E-state index in [1.165, 1.54) is 0 Å². The minimum atomic E-state index is -1.72. The molecule has 0 atom stereocenters. The molecule has 0 unspecified atom stereocenters. The molecule has 0 heterocycles. The van der Waals surface area contributed by atoms with E-state index in [4.69, 9.17) is 0 Å². The van der Waals surface area contributed by atoms with Gasteiger partial charge >= 0.3 is 246 Å². The fraction of sp³-hybridized carbons (Fsp3) is 0.706. The second kappa shape index (κ2) is 11.5. The van der Waals surface area contributed by atoms with E-state index in [1.54, 1.807) is 10.6 Å². The quantitative estimate of drug-likeness (QED) is 0.185. The third-order valence-corrected chi connectivity index (χ3v) is 24.8. The smallest absolute Gasteiger partial charge is 2.00 e. The maximum Gasteiger partial charge on any atom is 2.00 e. The Labute approximate surface area is 245 Å². The van der Waals surface area contributed by atoms with Crippen molar-refractivity contribution >= 4 is 25.1 Å². The molecule has 0 aliphatic carbocycles. The molecule has 3 heteroatoms. The summed E-state index contributed by atoms with van der Waals surface area (Å²) in [4.78, 5) is 0. The third kappa shape index (κ3) is 6.53. The molecule has 37 heavy (non-hydrogen) atoms. The molecule has 0 nitrogen and oxygen atoms in total. The first-order valence-electron chi connectivity index (χ1n) is 14.2. The van der Waals surface area contributed by atoms with Gasteiger partial charge in [-0.25, -0.2) is 0 Å². The van der Waals surface area contributed by atoms with Gasteiger partial charge in [0.2, 0.25) is 0 Å². The molecule has 0 aliphatic rings. The Bertz CT molecular complexity index is 768. The van der Waals surface area contributed by atoms with Crippen LogP contribution in [0.3, 0.4) is 0 Å². The zero-order valence-corrected chi connectivity index (χ0v) is 31.1. The molecule has 0 bridgehead atoms. The van der Waals surface area contributed by atoms with Crippen LogP contribution in [-0.4, -0.2) is 30.9 Å². The van der Waals surface area contributed by atoms with Gasteiger partial charge in [0.05, 0.1) is 0 Å². The second-order valence-electron chi connectivity index (χ2n) is 17.3. The van der Waals surface area contributed by atoms with Crippen LogP contribution in [0.1, 0.15) is 125 Å². The van der Waals surface area contributed by atoms with E-state index in [9.17, 15) is 0 Å². The standard InChI is InChI=1S/2C17H32P.Fe/c2*1-15(2,3)18(16(4,5)6,17(7,8)9)14-12-10-11-13-14;/h2*10-13,18H,1-9H3;/q2*-1;+2. The zero-order chi connectivity index (χ0) is 28.8. The van der Waals surface area contributed by atoms with Crippen LogP contribution in [0.25, 0.3) is 0 Å². The minimum Gasteiger partial charge on any atom is 2.00 e. The van der Waals surface area contributed by atoms with Gasteiger partial charge < -0.3 is 0 Å². The van der Waals surface area contributed by atoms with Crippen LogP contribution >= 0.6 is 14.5 Å². The van der Waals surface area contributed by atoms with Gasteiger partial charge in [-0.15, -0.1) is 0 Å². The van der Waals surface area contributed by atoms with E-state index in [0.717, 1.165) is 0 Å². The van der Waals surface area contributed by atoms with Crippen molar-refractivity contribution in [2.45, 2.75) is 156 Å². The van der Waals surface area contributed by atoms with Crippen LogP contribution < -0.4 is 10.6 Å². The molecule has 0 amide bonds.